The molecule has 5 nitrogen and oxygen atoms in total. The summed E-state index contributed by atoms with van der Waals surface area (Å²) in [7, 11) is -3.83. The van der Waals surface area contributed by atoms with E-state index >= 15 is 0 Å². The third kappa shape index (κ3) is 3.52. The van der Waals surface area contributed by atoms with E-state index in [1.54, 1.807) is 30.3 Å². The van der Waals surface area contributed by atoms with Crippen molar-refractivity contribution in [2.45, 2.75) is 4.90 Å². The van der Waals surface area contributed by atoms with Crippen molar-refractivity contribution in [1.29, 1.82) is 0 Å². The minimum Gasteiger partial charge on any atom is -0.276 e. The van der Waals surface area contributed by atoms with Crippen LogP contribution in [-0.2, 0) is 10.0 Å². The monoisotopic (exact) mass is 351 g/mol. The molecule has 0 saturated carbocycles. The predicted molar refractivity (Wildman–Crippen MR) is 86.2 cm³/mol. The van der Waals surface area contributed by atoms with Gasteiger partial charge in [0.1, 0.15) is 5.82 Å². The molecule has 0 atom stereocenters. The van der Waals surface area contributed by atoms with E-state index in [1.807, 2.05) is 0 Å². The van der Waals surface area contributed by atoms with Gasteiger partial charge in [0.2, 0.25) is 0 Å². The van der Waals surface area contributed by atoms with Crippen LogP contribution in [0.2, 0.25) is 5.02 Å². The summed E-state index contributed by atoms with van der Waals surface area (Å²) in [5, 5.41) is 7.27. The van der Waals surface area contributed by atoms with Crippen molar-refractivity contribution in [3.8, 4) is 11.3 Å². The summed E-state index contributed by atoms with van der Waals surface area (Å²) in [6.45, 7) is 0. The molecule has 3 aromatic rings. The lowest BCUT2D eigenvalue weighted by Crippen LogP contribution is -2.13. The zero-order valence-corrected chi connectivity index (χ0v) is 13.2. The summed E-state index contributed by atoms with van der Waals surface area (Å²) in [6, 6.07) is 13.1. The number of hydrogen-bond donors (Lipinski definition) is 2. The minimum absolute atomic E-state index is 0.0463. The number of aromatic amines is 1. The van der Waals surface area contributed by atoms with Crippen LogP contribution in [0.25, 0.3) is 11.3 Å². The van der Waals surface area contributed by atoms with Gasteiger partial charge in [0.05, 0.1) is 10.6 Å². The molecule has 23 heavy (non-hydrogen) atoms. The minimum atomic E-state index is -3.83. The standard InChI is InChI=1S/C15H11ClFN3O2S/c16-11-3-1-10(2-4-11)14-9-15(19-18-14)20-23(21,22)13-7-5-12(17)6-8-13/h1-9H,(H2,18,19,20). The Morgan fingerprint density at radius 2 is 1.70 bits per heavy atom. The highest BCUT2D eigenvalue weighted by atomic mass is 35.5. The predicted octanol–water partition coefficient (Wildman–Crippen LogP) is 3.67. The first kappa shape index (κ1) is 15.5. The lowest BCUT2D eigenvalue weighted by molar-refractivity contribution is 0.599. The van der Waals surface area contributed by atoms with E-state index in [9.17, 15) is 12.8 Å². The summed E-state index contributed by atoms with van der Waals surface area (Å²) in [6.07, 6.45) is 0. The second kappa shape index (κ2) is 6.02. The maximum absolute atomic E-state index is 12.9. The van der Waals surface area contributed by atoms with E-state index < -0.39 is 15.8 Å². The summed E-state index contributed by atoms with van der Waals surface area (Å²) in [4.78, 5) is -0.0463. The first-order chi connectivity index (χ1) is 10.9. The molecule has 0 aliphatic carbocycles. The van der Waals surface area contributed by atoms with Crippen molar-refractivity contribution in [1.82, 2.24) is 10.2 Å². The van der Waals surface area contributed by atoms with Gasteiger partial charge < -0.3 is 0 Å². The van der Waals surface area contributed by atoms with Gasteiger partial charge in [-0.15, -0.1) is 0 Å². The lowest BCUT2D eigenvalue weighted by Gasteiger charge is -2.04. The number of rotatable bonds is 4. The zero-order chi connectivity index (χ0) is 16.4. The molecule has 0 bridgehead atoms. The van der Waals surface area contributed by atoms with Crippen LogP contribution in [0.5, 0.6) is 0 Å². The number of sulfonamides is 1. The highest BCUT2D eigenvalue weighted by Crippen LogP contribution is 2.23. The van der Waals surface area contributed by atoms with Crippen molar-refractivity contribution in [3.05, 3.63) is 65.4 Å². The van der Waals surface area contributed by atoms with Crippen LogP contribution < -0.4 is 4.72 Å². The Morgan fingerprint density at radius 3 is 2.35 bits per heavy atom. The number of benzene rings is 2. The maximum Gasteiger partial charge on any atom is 0.263 e. The highest BCUT2D eigenvalue weighted by molar-refractivity contribution is 7.92. The van der Waals surface area contributed by atoms with Crippen LogP contribution in [0.15, 0.2) is 59.5 Å². The van der Waals surface area contributed by atoms with Gasteiger partial charge in [0.15, 0.2) is 5.82 Å². The van der Waals surface area contributed by atoms with Gasteiger partial charge in [0, 0.05) is 11.1 Å². The molecule has 8 heteroatoms. The topological polar surface area (TPSA) is 74.8 Å². The smallest absolute Gasteiger partial charge is 0.263 e. The normalized spacial score (nSPS) is 11.4. The van der Waals surface area contributed by atoms with Crippen molar-refractivity contribution >= 4 is 27.4 Å². The Labute approximate surface area is 137 Å². The SMILES string of the molecule is O=S(=O)(Nc1cc(-c2ccc(Cl)cc2)[nH]n1)c1ccc(F)cc1. The fourth-order valence-corrected chi connectivity index (χ4v) is 3.08. The van der Waals surface area contributed by atoms with Gasteiger partial charge in [0.25, 0.3) is 10.0 Å². The number of nitrogens with zero attached hydrogens (tertiary/aromatic N) is 1. The summed E-state index contributed by atoms with van der Waals surface area (Å²) < 4.78 is 39.6. The number of anilines is 1. The third-order valence-corrected chi connectivity index (χ3v) is 4.72. The van der Waals surface area contributed by atoms with Crippen LogP contribution in [0.1, 0.15) is 0 Å². The van der Waals surface area contributed by atoms with Gasteiger partial charge in [-0.1, -0.05) is 23.7 Å². The van der Waals surface area contributed by atoms with E-state index in [4.69, 9.17) is 11.6 Å². The van der Waals surface area contributed by atoms with E-state index in [1.165, 1.54) is 12.1 Å². The molecule has 2 N–H and O–H groups in total. The zero-order valence-electron chi connectivity index (χ0n) is 11.6. The van der Waals surface area contributed by atoms with Crippen molar-refractivity contribution in [3.63, 3.8) is 0 Å². The third-order valence-electron chi connectivity index (χ3n) is 3.10. The molecule has 3 rings (SSSR count). The lowest BCUT2D eigenvalue weighted by atomic mass is 10.1. The average Bonchev–Trinajstić information content (AvgIpc) is 2.96. The van der Waals surface area contributed by atoms with E-state index in [2.05, 4.69) is 14.9 Å². The van der Waals surface area contributed by atoms with E-state index in [0.29, 0.717) is 10.7 Å². The molecule has 0 saturated heterocycles. The van der Waals surface area contributed by atoms with Crippen LogP contribution in [-0.4, -0.2) is 18.6 Å². The molecule has 0 aliphatic heterocycles. The molecule has 0 unspecified atom stereocenters. The highest BCUT2D eigenvalue weighted by Gasteiger charge is 2.16. The number of hydrogen-bond acceptors (Lipinski definition) is 3. The molecule has 0 amide bonds. The summed E-state index contributed by atoms with van der Waals surface area (Å²) in [5.41, 5.74) is 1.45. The molecular formula is C15H11ClFN3O2S. The number of nitrogens with one attached hydrogen (secondary N) is 2. The van der Waals surface area contributed by atoms with Crippen LogP contribution in [0.4, 0.5) is 10.2 Å². The Balaban J connectivity index is 1.83. The second-order valence-electron chi connectivity index (χ2n) is 4.73. The Bertz CT molecular complexity index is 922. The molecule has 0 radical (unpaired) electrons. The van der Waals surface area contributed by atoms with E-state index in [-0.39, 0.29) is 10.7 Å². The van der Waals surface area contributed by atoms with Gasteiger partial charge in [-0.2, -0.15) is 5.10 Å². The Hall–Kier alpha value is -2.38. The second-order valence-corrected chi connectivity index (χ2v) is 6.85. The summed E-state index contributed by atoms with van der Waals surface area (Å²) >= 11 is 5.83. The van der Waals surface area contributed by atoms with Crippen LogP contribution in [0.3, 0.4) is 0 Å². The van der Waals surface area contributed by atoms with Gasteiger partial charge in [-0.3, -0.25) is 9.82 Å². The fourth-order valence-electron chi connectivity index (χ4n) is 1.96. The van der Waals surface area contributed by atoms with Crippen molar-refractivity contribution < 1.29 is 12.8 Å². The van der Waals surface area contributed by atoms with Gasteiger partial charge >= 0.3 is 0 Å². The van der Waals surface area contributed by atoms with E-state index in [0.717, 1.165) is 17.7 Å². The first-order valence-corrected chi connectivity index (χ1v) is 8.40. The number of aromatic nitrogens is 2. The maximum atomic E-state index is 12.9. The van der Waals surface area contributed by atoms with Crippen LogP contribution in [0, 0.1) is 5.82 Å². The Morgan fingerprint density at radius 1 is 1.04 bits per heavy atom. The molecule has 0 aliphatic rings. The quantitative estimate of drug-likeness (QED) is 0.753. The average molecular weight is 352 g/mol. The van der Waals surface area contributed by atoms with Gasteiger partial charge in [-0.05, 0) is 42.0 Å². The largest absolute Gasteiger partial charge is 0.276 e. The molecule has 118 valence electrons. The molecular weight excluding hydrogens is 341 g/mol. The fraction of sp³-hybridized carbons (Fsp3) is 0. The number of halogens is 2. The van der Waals surface area contributed by atoms with Crippen LogP contribution >= 0.6 is 11.6 Å². The van der Waals surface area contributed by atoms with Crippen molar-refractivity contribution in [2.24, 2.45) is 0 Å². The number of H-pyrrole nitrogens is 1. The Kier molecular flexibility index (Phi) is 4.06. The molecule has 0 fully saturated rings. The van der Waals surface area contributed by atoms with Crippen molar-refractivity contribution in [2.75, 3.05) is 4.72 Å². The molecule has 1 aromatic heterocycles. The summed E-state index contributed by atoms with van der Waals surface area (Å²) in [5.74, 6) is -0.368. The molecule has 0 spiro atoms. The first-order valence-electron chi connectivity index (χ1n) is 6.54. The molecule has 1 heterocycles. The van der Waals surface area contributed by atoms with Gasteiger partial charge in [-0.25, -0.2) is 12.8 Å². The molecule has 2 aromatic carbocycles.